The molecule has 0 saturated heterocycles. The molecule has 0 aliphatic heterocycles. The van der Waals surface area contributed by atoms with Crippen LogP contribution in [0, 0.1) is 0 Å². The second-order valence-corrected chi connectivity index (χ2v) is 12.1. The van der Waals surface area contributed by atoms with Crippen molar-refractivity contribution in [3.8, 4) is 11.5 Å². The third-order valence-corrected chi connectivity index (χ3v) is 7.83. The zero-order valence-corrected chi connectivity index (χ0v) is 25.4. The molecule has 0 fully saturated rings. The predicted molar refractivity (Wildman–Crippen MR) is 161 cm³/mol. The van der Waals surface area contributed by atoms with Crippen molar-refractivity contribution in [1.82, 2.24) is 10.2 Å². The number of hydrogen-bond acceptors (Lipinski definition) is 6. The van der Waals surface area contributed by atoms with Crippen molar-refractivity contribution in [2.75, 3.05) is 31.3 Å². The van der Waals surface area contributed by atoms with Gasteiger partial charge in [-0.05, 0) is 43.2 Å². The smallest absolute Gasteiger partial charge is 0.244 e. The summed E-state index contributed by atoms with van der Waals surface area (Å²) in [4.78, 5) is 29.2. The predicted octanol–water partition coefficient (Wildman–Crippen LogP) is 4.29. The number of anilines is 1. The highest BCUT2D eigenvalue weighted by Gasteiger charge is 2.34. The first-order valence-electron chi connectivity index (χ1n) is 13.0. The van der Waals surface area contributed by atoms with E-state index in [4.69, 9.17) is 21.1 Å². The van der Waals surface area contributed by atoms with E-state index in [-0.39, 0.29) is 36.4 Å². The Morgan fingerprint density at radius 2 is 1.61 bits per heavy atom. The second-order valence-electron chi connectivity index (χ2n) is 9.79. The summed E-state index contributed by atoms with van der Waals surface area (Å²) in [5, 5.41) is 3.33. The maximum Gasteiger partial charge on any atom is 0.244 e. The van der Waals surface area contributed by atoms with Gasteiger partial charge in [0.1, 0.15) is 24.1 Å². The molecule has 41 heavy (non-hydrogen) atoms. The number of amides is 2. The van der Waals surface area contributed by atoms with Gasteiger partial charge in [-0.1, -0.05) is 60.1 Å². The fraction of sp³-hybridized carbons (Fsp3) is 0.333. The normalized spacial score (nSPS) is 12.0. The molecule has 1 N–H and O–H groups in total. The van der Waals surface area contributed by atoms with Crippen molar-refractivity contribution in [3.05, 3.63) is 88.9 Å². The molecule has 3 rings (SSSR count). The molecule has 0 bridgehead atoms. The van der Waals surface area contributed by atoms with Crippen molar-refractivity contribution < 1.29 is 27.5 Å². The Balaban J connectivity index is 2.10. The maximum absolute atomic E-state index is 14.2. The molecule has 1 atom stereocenters. The van der Waals surface area contributed by atoms with Crippen molar-refractivity contribution in [3.63, 3.8) is 0 Å². The highest BCUT2D eigenvalue weighted by Crippen LogP contribution is 2.34. The third-order valence-electron chi connectivity index (χ3n) is 6.34. The van der Waals surface area contributed by atoms with Gasteiger partial charge in [0.25, 0.3) is 0 Å². The molecule has 0 spiro atoms. The number of carbonyl (C=O) groups excluding carboxylic acids is 2. The van der Waals surface area contributed by atoms with Crippen LogP contribution in [0.25, 0.3) is 0 Å². The molecule has 2 amide bonds. The molecule has 220 valence electrons. The first kappa shape index (κ1) is 31.8. The molecule has 3 aromatic carbocycles. The van der Waals surface area contributed by atoms with Gasteiger partial charge in [0.05, 0.1) is 26.2 Å². The quantitative estimate of drug-likeness (QED) is 0.313. The van der Waals surface area contributed by atoms with Gasteiger partial charge in [-0.2, -0.15) is 0 Å². The van der Waals surface area contributed by atoms with Crippen LogP contribution in [0.1, 0.15) is 25.0 Å². The number of hydrogen-bond donors (Lipinski definition) is 1. The number of sulfonamides is 1. The van der Waals surface area contributed by atoms with Crippen LogP contribution in [0.15, 0.2) is 72.8 Å². The topological polar surface area (TPSA) is 105 Å². The molecule has 0 radical (unpaired) electrons. The van der Waals surface area contributed by atoms with Gasteiger partial charge in [-0.15, -0.1) is 0 Å². The Bertz CT molecular complexity index is 1450. The van der Waals surface area contributed by atoms with Crippen LogP contribution in [0.2, 0.25) is 5.02 Å². The fourth-order valence-corrected chi connectivity index (χ4v) is 5.38. The number of rotatable bonds is 13. The molecule has 0 aliphatic carbocycles. The van der Waals surface area contributed by atoms with E-state index in [9.17, 15) is 18.0 Å². The van der Waals surface area contributed by atoms with E-state index >= 15 is 0 Å². The third kappa shape index (κ3) is 8.61. The number of halogens is 1. The summed E-state index contributed by atoms with van der Waals surface area (Å²) in [5.74, 6) is -0.289. The number of nitrogens with one attached hydrogen (secondary N) is 1. The summed E-state index contributed by atoms with van der Waals surface area (Å²) in [6, 6.07) is 19.8. The van der Waals surface area contributed by atoms with Crippen LogP contribution in [-0.2, 0) is 32.6 Å². The van der Waals surface area contributed by atoms with E-state index < -0.39 is 28.5 Å². The molecule has 0 saturated carbocycles. The molecular weight excluding hydrogens is 566 g/mol. The first-order valence-corrected chi connectivity index (χ1v) is 15.2. The van der Waals surface area contributed by atoms with E-state index in [1.54, 1.807) is 30.3 Å². The Hall–Kier alpha value is -3.76. The number of carbonyl (C=O) groups is 2. The van der Waals surface area contributed by atoms with E-state index in [0.717, 1.165) is 16.1 Å². The summed E-state index contributed by atoms with van der Waals surface area (Å²) >= 11 is 6.47. The van der Waals surface area contributed by atoms with Crippen LogP contribution >= 0.6 is 11.6 Å². The van der Waals surface area contributed by atoms with Gasteiger partial charge in [-0.25, -0.2) is 8.42 Å². The molecule has 0 unspecified atom stereocenters. The van der Waals surface area contributed by atoms with Crippen LogP contribution in [-0.4, -0.2) is 64.2 Å². The van der Waals surface area contributed by atoms with Crippen LogP contribution < -0.4 is 19.1 Å². The molecule has 0 aliphatic rings. The van der Waals surface area contributed by atoms with Crippen molar-refractivity contribution in [2.24, 2.45) is 0 Å². The molecule has 0 aromatic heterocycles. The van der Waals surface area contributed by atoms with E-state index in [1.165, 1.54) is 31.3 Å². The summed E-state index contributed by atoms with van der Waals surface area (Å²) in [7, 11) is -1.09. The molecule has 9 nitrogen and oxygen atoms in total. The SMILES string of the molecule is COc1ccc(N(CC(=O)N(Cc2ccccc2Cl)[C@H](Cc2ccccc2)C(=O)NC(C)C)S(C)(=O)=O)c(OC)c1. The van der Waals surface area contributed by atoms with Crippen LogP contribution in [0.3, 0.4) is 0 Å². The number of benzene rings is 3. The highest BCUT2D eigenvalue weighted by atomic mass is 35.5. The Morgan fingerprint density at radius 1 is 0.951 bits per heavy atom. The summed E-state index contributed by atoms with van der Waals surface area (Å²) < 4.78 is 37.7. The fourth-order valence-electron chi connectivity index (χ4n) is 4.33. The standard InChI is InChI=1S/C30H36ClN3O6S/c1-21(2)32-30(36)27(17-22-11-7-6-8-12-22)33(19-23-13-9-10-14-25(23)31)29(35)20-34(41(5,37)38)26-16-15-24(39-3)18-28(26)40-4/h6-16,18,21,27H,17,19-20H2,1-5H3,(H,32,36)/t27-/m1/s1. The number of methoxy groups -OCH3 is 2. The van der Waals surface area contributed by atoms with Crippen LogP contribution in [0.5, 0.6) is 11.5 Å². The Kier molecular flexibility index (Phi) is 11.0. The minimum atomic E-state index is -3.97. The van der Waals surface area contributed by atoms with E-state index in [2.05, 4.69) is 5.32 Å². The zero-order chi connectivity index (χ0) is 30.2. The molecule has 3 aromatic rings. The average molecular weight is 602 g/mol. The Labute approximate surface area is 247 Å². The number of nitrogens with zero attached hydrogens (tertiary/aromatic N) is 2. The lowest BCUT2D eigenvalue weighted by Crippen LogP contribution is -2.54. The van der Waals surface area contributed by atoms with Crippen molar-refractivity contribution in [2.45, 2.75) is 38.9 Å². The molecule has 0 heterocycles. The lowest BCUT2D eigenvalue weighted by atomic mass is 10.0. The maximum atomic E-state index is 14.2. The van der Waals surface area contributed by atoms with E-state index in [1.807, 2.05) is 44.2 Å². The lowest BCUT2D eigenvalue weighted by Gasteiger charge is -2.34. The average Bonchev–Trinajstić information content (AvgIpc) is 2.93. The second kappa shape index (κ2) is 14.2. The van der Waals surface area contributed by atoms with E-state index in [0.29, 0.717) is 16.3 Å². The van der Waals surface area contributed by atoms with Gasteiger partial charge >= 0.3 is 0 Å². The van der Waals surface area contributed by atoms with Crippen molar-refractivity contribution in [1.29, 1.82) is 0 Å². The Morgan fingerprint density at radius 3 is 2.20 bits per heavy atom. The molecule has 11 heteroatoms. The monoisotopic (exact) mass is 601 g/mol. The van der Waals surface area contributed by atoms with Gasteiger partial charge in [-0.3, -0.25) is 13.9 Å². The van der Waals surface area contributed by atoms with Gasteiger partial charge in [0, 0.05) is 30.1 Å². The van der Waals surface area contributed by atoms with Crippen molar-refractivity contribution >= 4 is 39.1 Å². The lowest BCUT2D eigenvalue weighted by molar-refractivity contribution is -0.140. The first-order chi connectivity index (χ1) is 19.4. The van der Waals surface area contributed by atoms with Gasteiger partial charge < -0.3 is 19.7 Å². The summed E-state index contributed by atoms with van der Waals surface area (Å²) in [6.07, 6.45) is 1.22. The summed E-state index contributed by atoms with van der Waals surface area (Å²) in [5.41, 5.74) is 1.61. The van der Waals surface area contributed by atoms with Gasteiger partial charge in [0.15, 0.2) is 0 Å². The number of ether oxygens (including phenoxy) is 2. The largest absolute Gasteiger partial charge is 0.497 e. The minimum absolute atomic E-state index is 0.0150. The minimum Gasteiger partial charge on any atom is -0.497 e. The van der Waals surface area contributed by atoms with Crippen LogP contribution in [0.4, 0.5) is 5.69 Å². The molecular formula is C30H36ClN3O6S. The summed E-state index contributed by atoms with van der Waals surface area (Å²) in [6.45, 7) is 3.07. The highest BCUT2D eigenvalue weighted by molar-refractivity contribution is 7.92. The zero-order valence-electron chi connectivity index (χ0n) is 23.8. The van der Waals surface area contributed by atoms with Gasteiger partial charge in [0.2, 0.25) is 21.8 Å².